The Morgan fingerprint density at radius 3 is 2.42 bits per heavy atom. The van der Waals surface area contributed by atoms with Crippen molar-refractivity contribution in [3.63, 3.8) is 0 Å². The maximum Gasteiger partial charge on any atom is 0.471 e. The number of alkyl halides is 3. The van der Waals surface area contributed by atoms with E-state index in [9.17, 15) is 32.3 Å². The molecule has 1 aliphatic rings. The van der Waals surface area contributed by atoms with Gasteiger partial charge in [0.15, 0.2) is 0 Å². The smallest absolute Gasteiger partial charge is 0.467 e. The summed E-state index contributed by atoms with van der Waals surface area (Å²) in [5.41, 5.74) is 0.997. The minimum atomic E-state index is -4.97. The number of benzene rings is 1. The molecule has 1 aromatic carbocycles. The van der Waals surface area contributed by atoms with Gasteiger partial charge in [-0.2, -0.15) is 13.2 Å². The molecule has 1 fully saturated rings. The molecule has 0 aliphatic carbocycles. The Bertz CT molecular complexity index is 929. The molecular weight excluding hydrogens is 507 g/mol. The molecule has 0 aromatic heterocycles. The van der Waals surface area contributed by atoms with Gasteiger partial charge in [-0.05, 0) is 57.4 Å². The van der Waals surface area contributed by atoms with E-state index >= 15 is 0 Å². The van der Waals surface area contributed by atoms with Crippen molar-refractivity contribution < 1.29 is 41.8 Å². The minimum absolute atomic E-state index is 0.149. The number of carbonyl (C=O) groups is 4. The summed E-state index contributed by atoms with van der Waals surface area (Å²) in [6.45, 7) is 1.95. The van der Waals surface area contributed by atoms with Gasteiger partial charge >= 0.3 is 24.0 Å². The average molecular weight is 544 g/mol. The highest BCUT2D eigenvalue weighted by atomic mass is 19.4. The quantitative estimate of drug-likeness (QED) is 0.274. The molecular formula is C26H36F3N3O6. The highest BCUT2D eigenvalue weighted by molar-refractivity contribution is 5.89. The number of unbranched alkanes of at least 4 members (excludes halogenated alkanes) is 1. The van der Waals surface area contributed by atoms with Crippen LogP contribution in [0.1, 0.15) is 51.0 Å². The second-order valence-electron chi connectivity index (χ2n) is 9.01. The first-order valence-corrected chi connectivity index (χ1v) is 12.8. The molecule has 0 radical (unpaired) electrons. The molecule has 0 spiro atoms. The van der Waals surface area contributed by atoms with E-state index in [2.05, 4.69) is 5.32 Å². The van der Waals surface area contributed by atoms with E-state index < -0.39 is 48.1 Å². The first-order valence-electron chi connectivity index (χ1n) is 12.8. The van der Waals surface area contributed by atoms with Crippen LogP contribution in [0.3, 0.4) is 0 Å². The summed E-state index contributed by atoms with van der Waals surface area (Å²) in [6.07, 6.45) is -2.39. The largest absolute Gasteiger partial charge is 0.471 e. The molecule has 1 aromatic rings. The van der Waals surface area contributed by atoms with E-state index in [0.29, 0.717) is 32.2 Å². The van der Waals surface area contributed by atoms with Gasteiger partial charge in [-0.15, -0.1) is 0 Å². The Labute approximate surface area is 220 Å². The van der Waals surface area contributed by atoms with Gasteiger partial charge in [-0.25, -0.2) is 4.79 Å². The number of nitrogens with one attached hydrogen (secondary N) is 2. The molecule has 9 nitrogen and oxygen atoms in total. The molecule has 2 rings (SSSR count). The van der Waals surface area contributed by atoms with Crippen LogP contribution in [0.25, 0.3) is 0 Å². The maximum absolute atomic E-state index is 13.6. The Hall–Kier alpha value is -3.15. The van der Waals surface area contributed by atoms with Crippen LogP contribution in [0.4, 0.5) is 13.2 Å². The van der Waals surface area contributed by atoms with Crippen molar-refractivity contribution in [2.75, 3.05) is 26.8 Å². The predicted molar refractivity (Wildman–Crippen MR) is 132 cm³/mol. The number of halogens is 3. The van der Waals surface area contributed by atoms with E-state index in [0.717, 1.165) is 5.56 Å². The molecule has 12 heteroatoms. The molecule has 3 atom stereocenters. The first kappa shape index (κ1) is 31.1. The number of esters is 2. The predicted octanol–water partition coefficient (Wildman–Crippen LogP) is 2.52. The van der Waals surface area contributed by atoms with E-state index in [1.165, 1.54) is 12.0 Å². The van der Waals surface area contributed by atoms with Gasteiger partial charge in [0.05, 0.1) is 19.8 Å². The molecule has 1 unspecified atom stereocenters. The van der Waals surface area contributed by atoms with Crippen molar-refractivity contribution in [3.05, 3.63) is 35.9 Å². The fourth-order valence-electron chi connectivity index (χ4n) is 4.38. The lowest BCUT2D eigenvalue weighted by Crippen LogP contribution is -2.54. The third-order valence-electron chi connectivity index (χ3n) is 6.31. The van der Waals surface area contributed by atoms with Crippen LogP contribution in [-0.2, 0) is 35.1 Å². The van der Waals surface area contributed by atoms with E-state index in [1.54, 1.807) is 6.92 Å². The van der Waals surface area contributed by atoms with Crippen LogP contribution >= 0.6 is 0 Å². The van der Waals surface area contributed by atoms with Gasteiger partial charge in [0.2, 0.25) is 5.91 Å². The number of nitrogens with zero attached hydrogens (tertiary/aromatic N) is 1. The van der Waals surface area contributed by atoms with Crippen molar-refractivity contribution in [1.82, 2.24) is 15.5 Å². The Morgan fingerprint density at radius 2 is 1.79 bits per heavy atom. The van der Waals surface area contributed by atoms with Crippen LogP contribution in [-0.4, -0.2) is 79.8 Å². The van der Waals surface area contributed by atoms with Gasteiger partial charge in [0, 0.05) is 13.1 Å². The molecule has 0 saturated carbocycles. The van der Waals surface area contributed by atoms with Gasteiger partial charge in [-0.3, -0.25) is 19.7 Å². The summed E-state index contributed by atoms with van der Waals surface area (Å²) in [6, 6.07) is 7.02. The van der Waals surface area contributed by atoms with E-state index in [4.69, 9.17) is 9.47 Å². The number of hydrogen-bond acceptors (Lipinski definition) is 7. The Morgan fingerprint density at radius 1 is 1.08 bits per heavy atom. The second kappa shape index (κ2) is 15.3. The number of methoxy groups -OCH3 is 1. The van der Waals surface area contributed by atoms with Crippen molar-refractivity contribution in [2.45, 2.75) is 76.2 Å². The average Bonchev–Trinajstić information content (AvgIpc) is 3.39. The van der Waals surface area contributed by atoms with Crippen molar-refractivity contribution in [3.8, 4) is 0 Å². The van der Waals surface area contributed by atoms with E-state index in [1.807, 2.05) is 35.6 Å². The molecule has 212 valence electrons. The number of aryl methyl sites for hydroxylation is 1. The minimum Gasteiger partial charge on any atom is -0.467 e. The van der Waals surface area contributed by atoms with Crippen LogP contribution in [0, 0.1) is 0 Å². The summed E-state index contributed by atoms with van der Waals surface area (Å²) >= 11 is 0. The number of hydrogen-bond donors (Lipinski definition) is 2. The fraction of sp³-hybridized carbons (Fsp3) is 0.615. The molecule has 1 saturated heterocycles. The first-order chi connectivity index (χ1) is 18.1. The number of rotatable bonds is 14. The summed E-state index contributed by atoms with van der Waals surface area (Å²) in [5.74, 6) is -3.48. The number of amides is 2. The van der Waals surface area contributed by atoms with Crippen molar-refractivity contribution >= 4 is 23.8 Å². The molecule has 38 heavy (non-hydrogen) atoms. The molecule has 1 aliphatic heterocycles. The maximum atomic E-state index is 13.6. The highest BCUT2D eigenvalue weighted by Crippen LogP contribution is 2.21. The molecule has 1 heterocycles. The summed E-state index contributed by atoms with van der Waals surface area (Å²) in [5, 5.41) is 4.91. The second-order valence-corrected chi connectivity index (χ2v) is 9.01. The Balaban J connectivity index is 2.13. The topological polar surface area (TPSA) is 114 Å². The number of carbonyl (C=O) groups excluding carboxylic acids is 4. The summed E-state index contributed by atoms with van der Waals surface area (Å²) in [7, 11) is 1.24. The fourth-order valence-corrected chi connectivity index (χ4v) is 4.38. The molecule has 2 N–H and O–H groups in total. The lowest BCUT2D eigenvalue weighted by molar-refractivity contribution is -0.173. The van der Waals surface area contributed by atoms with Gasteiger partial charge in [0.1, 0.15) is 12.1 Å². The normalized spacial score (nSPS) is 17.0. The van der Waals surface area contributed by atoms with E-state index in [-0.39, 0.29) is 32.4 Å². The third kappa shape index (κ3) is 9.62. The standard InChI is InChI=1S/C26H36F3N3O6/c1-3-38-23(34)20(15-14-18-10-5-4-6-11-18)31-19(12-7-8-16-30-25(36)26(27,28)29)22(33)32-17-9-13-21(32)24(35)37-2/h4-6,10-11,19-21,31H,3,7-9,12-17H2,1-2H3,(H,30,36)/t19-,20?,21-/m0/s1. The third-order valence-corrected chi connectivity index (χ3v) is 6.31. The zero-order chi connectivity index (χ0) is 28.1. The number of likely N-dealkylation sites (tertiary alicyclic amines) is 1. The summed E-state index contributed by atoms with van der Waals surface area (Å²) < 4.78 is 47.3. The zero-order valence-electron chi connectivity index (χ0n) is 21.7. The summed E-state index contributed by atoms with van der Waals surface area (Å²) in [4.78, 5) is 51.0. The lowest BCUT2D eigenvalue weighted by atomic mass is 10.0. The van der Waals surface area contributed by atoms with Gasteiger partial charge < -0.3 is 19.7 Å². The van der Waals surface area contributed by atoms with Crippen molar-refractivity contribution in [2.24, 2.45) is 0 Å². The monoisotopic (exact) mass is 543 g/mol. The highest BCUT2D eigenvalue weighted by Gasteiger charge is 2.39. The van der Waals surface area contributed by atoms with Crippen LogP contribution in [0.5, 0.6) is 0 Å². The van der Waals surface area contributed by atoms with Crippen molar-refractivity contribution in [1.29, 1.82) is 0 Å². The SMILES string of the molecule is CCOC(=O)C(CCc1ccccc1)N[C@@H](CCCCNC(=O)C(F)(F)F)C(=O)N1CCC[C@H]1C(=O)OC. The van der Waals surface area contributed by atoms with Gasteiger partial charge in [-0.1, -0.05) is 30.3 Å². The molecule has 2 amide bonds. The number of ether oxygens (including phenoxy) is 2. The Kier molecular flexibility index (Phi) is 12.5. The zero-order valence-corrected chi connectivity index (χ0v) is 21.7. The molecule has 0 bridgehead atoms. The van der Waals surface area contributed by atoms with Gasteiger partial charge in [0.25, 0.3) is 0 Å². The van der Waals surface area contributed by atoms with Crippen LogP contribution in [0.2, 0.25) is 0 Å². The van der Waals surface area contributed by atoms with Crippen LogP contribution < -0.4 is 10.6 Å². The lowest BCUT2D eigenvalue weighted by Gasteiger charge is -2.30. The van der Waals surface area contributed by atoms with Crippen LogP contribution in [0.15, 0.2) is 30.3 Å².